The van der Waals surface area contributed by atoms with Gasteiger partial charge < -0.3 is 15.4 Å². The summed E-state index contributed by atoms with van der Waals surface area (Å²) in [6, 6.07) is 11.1. The first kappa shape index (κ1) is 19.5. The average molecular weight is 388 g/mol. The Hall–Kier alpha value is -3.22. The van der Waals surface area contributed by atoms with E-state index in [1.807, 2.05) is 6.92 Å². The number of alkyl halides is 3. The Kier molecular flexibility index (Phi) is 5.44. The van der Waals surface area contributed by atoms with E-state index in [1.54, 1.807) is 12.1 Å². The van der Waals surface area contributed by atoms with Gasteiger partial charge in [-0.3, -0.25) is 4.79 Å². The van der Waals surface area contributed by atoms with Crippen LogP contribution in [0.4, 0.5) is 13.2 Å². The molecule has 0 aliphatic rings. The van der Waals surface area contributed by atoms with Crippen molar-refractivity contribution in [2.24, 2.45) is 0 Å². The number of rotatable bonds is 5. The first-order valence-electron chi connectivity index (χ1n) is 8.78. The highest BCUT2D eigenvalue weighted by Crippen LogP contribution is 2.37. The SMILES string of the molecule is CCCNC(=O)c1c[nH]c(-c2ccc(C(F)(F)F)cc2)c1-c1cccc(O)c1. The van der Waals surface area contributed by atoms with Crippen molar-refractivity contribution in [1.29, 1.82) is 0 Å². The fraction of sp³-hybridized carbons (Fsp3) is 0.190. The van der Waals surface area contributed by atoms with Crippen molar-refractivity contribution in [1.82, 2.24) is 10.3 Å². The predicted molar refractivity (Wildman–Crippen MR) is 101 cm³/mol. The topological polar surface area (TPSA) is 65.1 Å². The van der Waals surface area contributed by atoms with Gasteiger partial charge >= 0.3 is 6.18 Å². The van der Waals surface area contributed by atoms with Gasteiger partial charge in [0.15, 0.2) is 0 Å². The molecule has 0 aliphatic heterocycles. The Balaban J connectivity index is 2.11. The summed E-state index contributed by atoms with van der Waals surface area (Å²) in [5.41, 5.74) is 1.71. The number of aromatic amines is 1. The number of phenolic OH excluding ortho intramolecular Hbond substituents is 1. The minimum Gasteiger partial charge on any atom is -0.508 e. The van der Waals surface area contributed by atoms with Gasteiger partial charge in [-0.1, -0.05) is 31.2 Å². The van der Waals surface area contributed by atoms with Crippen molar-refractivity contribution in [3.63, 3.8) is 0 Å². The number of aromatic nitrogens is 1. The summed E-state index contributed by atoms with van der Waals surface area (Å²) < 4.78 is 38.6. The Bertz CT molecular complexity index is 976. The second-order valence-corrected chi connectivity index (χ2v) is 6.33. The highest BCUT2D eigenvalue weighted by atomic mass is 19.4. The normalized spacial score (nSPS) is 11.4. The van der Waals surface area contributed by atoms with Gasteiger partial charge in [0.1, 0.15) is 5.75 Å². The van der Waals surface area contributed by atoms with E-state index in [-0.39, 0.29) is 11.7 Å². The van der Waals surface area contributed by atoms with E-state index in [0.29, 0.717) is 34.5 Å². The second kappa shape index (κ2) is 7.80. The monoisotopic (exact) mass is 388 g/mol. The molecule has 1 heterocycles. The van der Waals surface area contributed by atoms with Crippen LogP contribution in [0.2, 0.25) is 0 Å². The van der Waals surface area contributed by atoms with Gasteiger partial charge in [0.25, 0.3) is 5.91 Å². The molecule has 0 bridgehead atoms. The zero-order valence-electron chi connectivity index (χ0n) is 15.1. The summed E-state index contributed by atoms with van der Waals surface area (Å²) >= 11 is 0. The van der Waals surface area contributed by atoms with Gasteiger partial charge in [-0.15, -0.1) is 0 Å². The Morgan fingerprint density at radius 2 is 1.82 bits per heavy atom. The number of hydrogen-bond acceptors (Lipinski definition) is 2. The van der Waals surface area contributed by atoms with Crippen molar-refractivity contribution in [2.45, 2.75) is 19.5 Å². The molecule has 0 fully saturated rings. The van der Waals surface area contributed by atoms with Gasteiger partial charge in [0, 0.05) is 18.3 Å². The lowest BCUT2D eigenvalue weighted by Crippen LogP contribution is -2.24. The second-order valence-electron chi connectivity index (χ2n) is 6.33. The molecule has 7 heteroatoms. The van der Waals surface area contributed by atoms with Crippen LogP contribution in [0.5, 0.6) is 5.75 Å². The van der Waals surface area contributed by atoms with Crippen molar-refractivity contribution in [2.75, 3.05) is 6.54 Å². The van der Waals surface area contributed by atoms with E-state index < -0.39 is 11.7 Å². The van der Waals surface area contributed by atoms with Crippen molar-refractivity contribution < 1.29 is 23.1 Å². The van der Waals surface area contributed by atoms with Gasteiger partial charge in [-0.05, 0) is 41.8 Å². The largest absolute Gasteiger partial charge is 0.508 e. The zero-order valence-corrected chi connectivity index (χ0v) is 15.1. The number of halogens is 3. The molecule has 146 valence electrons. The molecule has 3 rings (SSSR count). The lowest BCUT2D eigenvalue weighted by Gasteiger charge is -2.11. The molecule has 0 saturated carbocycles. The third-order valence-electron chi connectivity index (χ3n) is 4.30. The average Bonchev–Trinajstić information content (AvgIpc) is 3.10. The molecule has 0 atom stereocenters. The quantitative estimate of drug-likeness (QED) is 0.562. The predicted octanol–water partition coefficient (Wildman–Crippen LogP) is 5.21. The summed E-state index contributed by atoms with van der Waals surface area (Å²) in [7, 11) is 0. The Morgan fingerprint density at radius 3 is 2.43 bits per heavy atom. The number of aromatic hydroxyl groups is 1. The first-order valence-corrected chi connectivity index (χ1v) is 8.78. The van der Waals surface area contributed by atoms with Crippen LogP contribution < -0.4 is 5.32 Å². The molecule has 3 N–H and O–H groups in total. The number of carbonyl (C=O) groups excluding carboxylic acids is 1. The van der Waals surface area contributed by atoms with Crippen molar-refractivity contribution in [3.05, 3.63) is 65.9 Å². The van der Waals surface area contributed by atoms with Crippen molar-refractivity contribution in [3.8, 4) is 28.1 Å². The third kappa shape index (κ3) is 4.03. The van der Waals surface area contributed by atoms with Crippen LogP contribution in [0.25, 0.3) is 22.4 Å². The third-order valence-corrected chi connectivity index (χ3v) is 4.30. The maximum Gasteiger partial charge on any atom is 0.416 e. The van der Waals surface area contributed by atoms with Crippen LogP contribution in [-0.2, 0) is 6.18 Å². The molecular formula is C21H19F3N2O2. The number of carbonyl (C=O) groups is 1. The van der Waals surface area contributed by atoms with E-state index in [0.717, 1.165) is 18.6 Å². The summed E-state index contributed by atoms with van der Waals surface area (Å²) in [6.07, 6.45) is -2.13. The maximum atomic E-state index is 12.9. The van der Waals surface area contributed by atoms with Crippen LogP contribution in [0.1, 0.15) is 29.3 Å². The van der Waals surface area contributed by atoms with Gasteiger partial charge in [0.05, 0.1) is 16.8 Å². The number of nitrogens with one attached hydrogen (secondary N) is 2. The van der Waals surface area contributed by atoms with Gasteiger partial charge in [0.2, 0.25) is 0 Å². The van der Waals surface area contributed by atoms with Crippen LogP contribution in [0.3, 0.4) is 0 Å². The number of benzene rings is 2. The lowest BCUT2D eigenvalue weighted by molar-refractivity contribution is -0.137. The fourth-order valence-electron chi connectivity index (χ4n) is 2.95. The lowest BCUT2D eigenvalue weighted by atomic mass is 9.96. The minimum atomic E-state index is -4.42. The fourth-order valence-corrected chi connectivity index (χ4v) is 2.95. The highest BCUT2D eigenvalue weighted by molar-refractivity contribution is 6.04. The summed E-state index contributed by atoms with van der Waals surface area (Å²) in [6.45, 7) is 2.43. The van der Waals surface area contributed by atoms with E-state index >= 15 is 0 Å². The van der Waals surface area contributed by atoms with Gasteiger partial charge in [-0.25, -0.2) is 0 Å². The van der Waals surface area contributed by atoms with Gasteiger partial charge in [-0.2, -0.15) is 13.2 Å². The first-order chi connectivity index (χ1) is 13.3. The molecule has 4 nitrogen and oxygen atoms in total. The number of amides is 1. The molecule has 3 aromatic rings. The van der Waals surface area contributed by atoms with Crippen LogP contribution in [0, 0.1) is 0 Å². The molecule has 1 aromatic heterocycles. The van der Waals surface area contributed by atoms with Crippen LogP contribution >= 0.6 is 0 Å². The van der Waals surface area contributed by atoms with E-state index in [9.17, 15) is 23.1 Å². The Morgan fingerprint density at radius 1 is 1.11 bits per heavy atom. The van der Waals surface area contributed by atoms with E-state index in [1.165, 1.54) is 30.5 Å². The smallest absolute Gasteiger partial charge is 0.416 e. The number of hydrogen-bond donors (Lipinski definition) is 3. The molecule has 0 aliphatic carbocycles. The van der Waals surface area contributed by atoms with Crippen LogP contribution in [0.15, 0.2) is 54.7 Å². The zero-order chi connectivity index (χ0) is 20.3. The standard InChI is InChI=1S/C21H19F3N2O2/c1-2-10-25-20(28)17-12-26-19(18(17)14-4-3-5-16(27)11-14)13-6-8-15(9-7-13)21(22,23)24/h3-9,11-12,26-27H,2,10H2,1H3,(H,25,28). The highest BCUT2D eigenvalue weighted by Gasteiger charge is 2.30. The maximum absolute atomic E-state index is 12.9. The number of phenols is 1. The molecular weight excluding hydrogens is 369 g/mol. The molecule has 0 spiro atoms. The summed E-state index contributed by atoms with van der Waals surface area (Å²) in [5.74, 6) is -0.272. The summed E-state index contributed by atoms with van der Waals surface area (Å²) in [4.78, 5) is 15.6. The molecule has 0 saturated heterocycles. The van der Waals surface area contributed by atoms with Crippen molar-refractivity contribution >= 4 is 5.91 Å². The number of H-pyrrole nitrogens is 1. The molecule has 28 heavy (non-hydrogen) atoms. The van der Waals surface area contributed by atoms with E-state index in [2.05, 4.69) is 10.3 Å². The minimum absolute atomic E-state index is 0.0250. The molecule has 0 unspecified atom stereocenters. The van der Waals surface area contributed by atoms with Crippen LogP contribution in [-0.4, -0.2) is 22.5 Å². The van der Waals surface area contributed by atoms with E-state index in [4.69, 9.17) is 0 Å². The summed E-state index contributed by atoms with van der Waals surface area (Å²) in [5, 5.41) is 12.6. The molecule has 1 amide bonds. The molecule has 0 radical (unpaired) electrons. The molecule has 2 aromatic carbocycles. The Labute approximate surface area is 160 Å².